The summed E-state index contributed by atoms with van der Waals surface area (Å²) in [6.07, 6.45) is 8.38. The van der Waals surface area contributed by atoms with Gasteiger partial charge < -0.3 is 4.74 Å². The number of rotatable bonds is 6. The molecule has 0 saturated heterocycles. The van der Waals surface area contributed by atoms with Crippen LogP contribution in [-0.2, 0) is 4.74 Å². The molecule has 0 unspecified atom stereocenters. The SMILES string of the molecule is C#Cc1ccc(C(=O)O[C@H](C)CC(CC)CC)cc1. The summed E-state index contributed by atoms with van der Waals surface area (Å²) in [5, 5.41) is 0. The van der Waals surface area contributed by atoms with Crippen molar-refractivity contribution in [1.29, 1.82) is 0 Å². The predicted molar refractivity (Wildman–Crippen MR) is 77.9 cm³/mol. The molecule has 2 heteroatoms. The summed E-state index contributed by atoms with van der Waals surface area (Å²) in [5.74, 6) is 2.86. The number of benzene rings is 1. The lowest BCUT2D eigenvalue weighted by Gasteiger charge is -2.18. The molecule has 0 aliphatic rings. The van der Waals surface area contributed by atoms with Gasteiger partial charge in [-0.1, -0.05) is 32.6 Å². The fourth-order valence-electron chi connectivity index (χ4n) is 2.09. The molecule has 0 spiro atoms. The lowest BCUT2D eigenvalue weighted by Crippen LogP contribution is -2.18. The molecule has 1 aromatic carbocycles. The maximum atomic E-state index is 11.9. The number of terminal acetylenes is 1. The molecule has 1 aromatic rings. The molecule has 0 saturated carbocycles. The molecular formula is C17H22O2. The Labute approximate surface area is 116 Å². The zero-order valence-corrected chi connectivity index (χ0v) is 12.0. The number of ether oxygens (including phenoxy) is 1. The molecule has 1 atom stereocenters. The van der Waals surface area contributed by atoms with Gasteiger partial charge in [0.25, 0.3) is 0 Å². The molecule has 0 amide bonds. The summed E-state index contributed by atoms with van der Waals surface area (Å²) in [7, 11) is 0. The molecule has 0 fully saturated rings. The number of carbonyl (C=O) groups excluding carboxylic acids is 1. The fraction of sp³-hybridized carbons (Fsp3) is 0.471. The highest BCUT2D eigenvalue weighted by molar-refractivity contribution is 5.89. The highest BCUT2D eigenvalue weighted by Gasteiger charge is 2.15. The highest BCUT2D eigenvalue weighted by Crippen LogP contribution is 2.17. The first-order chi connectivity index (χ1) is 9.10. The molecule has 0 bridgehead atoms. The van der Waals surface area contributed by atoms with E-state index in [4.69, 9.17) is 11.2 Å². The first-order valence-corrected chi connectivity index (χ1v) is 6.88. The molecule has 102 valence electrons. The van der Waals surface area contributed by atoms with Crippen molar-refractivity contribution in [2.24, 2.45) is 5.92 Å². The molecule has 2 nitrogen and oxygen atoms in total. The smallest absolute Gasteiger partial charge is 0.338 e. The molecule has 0 heterocycles. The first kappa shape index (κ1) is 15.3. The third-order valence-corrected chi connectivity index (χ3v) is 3.42. The van der Waals surface area contributed by atoms with Gasteiger partial charge in [-0.3, -0.25) is 0 Å². The quantitative estimate of drug-likeness (QED) is 0.568. The van der Waals surface area contributed by atoms with Crippen LogP contribution < -0.4 is 0 Å². The van der Waals surface area contributed by atoms with Gasteiger partial charge in [0.15, 0.2) is 0 Å². The van der Waals surface area contributed by atoms with Crippen LogP contribution in [0.15, 0.2) is 24.3 Å². The van der Waals surface area contributed by atoms with Gasteiger partial charge in [0.05, 0.1) is 11.7 Å². The number of hydrogen-bond acceptors (Lipinski definition) is 2. The Hall–Kier alpha value is -1.75. The van der Waals surface area contributed by atoms with Crippen molar-refractivity contribution < 1.29 is 9.53 Å². The fourth-order valence-corrected chi connectivity index (χ4v) is 2.09. The Morgan fingerprint density at radius 1 is 1.26 bits per heavy atom. The van der Waals surface area contributed by atoms with Gasteiger partial charge in [-0.15, -0.1) is 6.42 Å². The van der Waals surface area contributed by atoms with E-state index in [-0.39, 0.29) is 12.1 Å². The third kappa shape index (κ3) is 4.79. The van der Waals surface area contributed by atoms with E-state index in [9.17, 15) is 4.79 Å². The van der Waals surface area contributed by atoms with Crippen LogP contribution in [0.4, 0.5) is 0 Å². The van der Waals surface area contributed by atoms with E-state index in [0.717, 1.165) is 24.8 Å². The summed E-state index contributed by atoms with van der Waals surface area (Å²) >= 11 is 0. The van der Waals surface area contributed by atoms with E-state index in [1.165, 1.54) is 0 Å². The van der Waals surface area contributed by atoms with Gasteiger partial charge in [-0.05, 0) is 43.5 Å². The predicted octanol–water partition coefficient (Wildman–Crippen LogP) is 4.04. The minimum absolute atomic E-state index is 0.0512. The normalized spacial score (nSPS) is 11.9. The zero-order chi connectivity index (χ0) is 14.3. The molecular weight excluding hydrogens is 236 g/mol. The maximum Gasteiger partial charge on any atom is 0.338 e. The van der Waals surface area contributed by atoms with Crippen LogP contribution >= 0.6 is 0 Å². The Morgan fingerprint density at radius 2 is 1.84 bits per heavy atom. The molecule has 19 heavy (non-hydrogen) atoms. The minimum Gasteiger partial charge on any atom is -0.459 e. The van der Waals surface area contributed by atoms with Crippen LogP contribution in [0, 0.1) is 18.3 Å². The van der Waals surface area contributed by atoms with Crippen molar-refractivity contribution in [2.75, 3.05) is 0 Å². The lowest BCUT2D eigenvalue weighted by atomic mass is 9.97. The zero-order valence-electron chi connectivity index (χ0n) is 12.0. The van der Waals surface area contributed by atoms with Gasteiger partial charge in [-0.2, -0.15) is 0 Å². The Balaban J connectivity index is 2.56. The van der Waals surface area contributed by atoms with E-state index in [2.05, 4.69) is 19.8 Å². The molecule has 0 radical (unpaired) electrons. The second-order valence-electron chi connectivity index (χ2n) is 4.86. The lowest BCUT2D eigenvalue weighted by molar-refractivity contribution is 0.0285. The summed E-state index contributed by atoms with van der Waals surface area (Å²) in [6, 6.07) is 6.92. The van der Waals surface area contributed by atoms with Crippen molar-refractivity contribution >= 4 is 5.97 Å². The van der Waals surface area contributed by atoms with Gasteiger partial charge in [-0.25, -0.2) is 4.79 Å². The van der Waals surface area contributed by atoms with Gasteiger partial charge >= 0.3 is 5.97 Å². The van der Waals surface area contributed by atoms with Crippen LogP contribution in [0.25, 0.3) is 0 Å². The molecule has 0 N–H and O–H groups in total. The van der Waals surface area contributed by atoms with Crippen molar-refractivity contribution in [2.45, 2.75) is 46.1 Å². The average Bonchev–Trinajstić information content (AvgIpc) is 2.44. The van der Waals surface area contributed by atoms with E-state index in [0.29, 0.717) is 11.5 Å². The van der Waals surface area contributed by atoms with Crippen LogP contribution in [0.5, 0.6) is 0 Å². The molecule has 0 aromatic heterocycles. The summed E-state index contributed by atoms with van der Waals surface area (Å²) in [4.78, 5) is 11.9. The van der Waals surface area contributed by atoms with E-state index < -0.39 is 0 Å². The Morgan fingerprint density at radius 3 is 2.32 bits per heavy atom. The van der Waals surface area contributed by atoms with Crippen LogP contribution in [0.1, 0.15) is 56.0 Å². The van der Waals surface area contributed by atoms with Crippen molar-refractivity contribution in [3.8, 4) is 12.3 Å². The van der Waals surface area contributed by atoms with E-state index >= 15 is 0 Å². The van der Waals surface area contributed by atoms with Crippen LogP contribution in [-0.4, -0.2) is 12.1 Å². The van der Waals surface area contributed by atoms with Crippen molar-refractivity contribution in [3.05, 3.63) is 35.4 Å². The molecule has 0 aliphatic carbocycles. The second kappa shape index (κ2) is 7.63. The standard InChI is InChI=1S/C17H22O2/c1-5-14(6-2)12-13(4)19-17(18)16-10-8-15(7-3)9-11-16/h3,8-11,13-14H,5-6,12H2,1-2,4H3/t13-/m1/s1. The summed E-state index contributed by atoms with van der Waals surface area (Å²) < 4.78 is 5.45. The third-order valence-electron chi connectivity index (χ3n) is 3.42. The minimum atomic E-state index is -0.276. The summed E-state index contributed by atoms with van der Waals surface area (Å²) in [5.41, 5.74) is 1.32. The maximum absolute atomic E-state index is 11.9. The summed E-state index contributed by atoms with van der Waals surface area (Å²) in [6.45, 7) is 6.29. The Bertz CT molecular complexity index is 435. The first-order valence-electron chi connectivity index (χ1n) is 6.88. The number of esters is 1. The average molecular weight is 258 g/mol. The largest absolute Gasteiger partial charge is 0.459 e. The number of carbonyl (C=O) groups is 1. The molecule has 1 rings (SSSR count). The Kier molecular flexibility index (Phi) is 6.15. The van der Waals surface area contributed by atoms with Crippen LogP contribution in [0.2, 0.25) is 0 Å². The monoisotopic (exact) mass is 258 g/mol. The number of hydrogen-bond donors (Lipinski definition) is 0. The second-order valence-corrected chi connectivity index (χ2v) is 4.86. The molecule has 0 aliphatic heterocycles. The highest BCUT2D eigenvalue weighted by atomic mass is 16.5. The van der Waals surface area contributed by atoms with E-state index in [1.54, 1.807) is 24.3 Å². The van der Waals surface area contributed by atoms with Gasteiger partial charge in [0.1, 0.15) is 0 Å². The van der Waals surface area contributed by atoms with Crippen molar-refractivity contribution in [1.82, 2.24) is 0 Å². The topological polar surface area (TPSA) is 26.3 Å². The van der Waals surface area contributed by atoms with Crippen molar-refractivity contribution in [3.63, 3.8) is 0 Å². The van der Waals surface area contributed by atoms with Gasteiger partial charge in [0.2, 0.25) is 0 Å². The van der Waals surface area contributed by atoms with E-state index in [1.807, 2.05) is 6.92 Å². The van der Waals surface area contributed by atoms with Gasteiger partial charge in [0, 0.05) is 5.56 Å². The van der Waals surface area contributed by atoms with Crippen LogP contribution in [0.3, 0.4) is 0 Å².